The summed E-state index contributed by atoms with van der Waals surface area (Å²) in [6.07, 6.45) is 9.77. The molecule has 179 valence electrons. The van der Waals surface area contributed by atoms with Crippen molar-refractivity contribution in [1.29, 1.82) is 5.41 Å². The fraction of sp³-hybridized carbons (Fsp3) is 0.810. The molecule has 0 aromatic heterocycles. The van der Waals surface area contributed by atoms with Gasteiger partial charge in [0.05, 0.1) is 0 Å². The van der Waals surface area contributed by atoms with Crippen LogP contribution in [0.2, 0.25) is 0 Å². The van der Waals surface area contributed by atoms with Gasteiger partial charge in [-0.05, 0) is 31.6 Å². The maximum Gasteiger partial charge on any atom is 0.251 e. The van der Waals surface area contributed by atoms with Gasteiger partial charge in [-0.2, -0.15) is 0 Å². The van der Waals surface area contributed by atoms with Crippen molar-refractivity contribution in [2.45, 2.75) is 97.4 Å². The van der Waals surface area contributed by atoms with Crippen molar-refractivity contribution in [1.82, 2.24) is 21.4 Å². The molecule has 0 aromatic rings. The summed E-state index contributed by atoms with van der Waals surface area (Å²) in [5.41, 5.74) is 1.71. The Kier molecular flexibility index (Phi) is 17.0. The van der Waals surface area contributed by atoms with Gasteiger partial charge in [0.2, 0.25) is 11.8 Å². The number of nitro groups is 1. The van der Waals surface area contributed by atoms with Crippen molar-refractivity contribution in [3.05, 3.63) is 16.7 Å². The van der Waals surface area contributed by atoms with Crippen LogP contribution in [-0.2, 0) is 9.59 Å². The molecule has 10 heteroatoms. The second kappa shape index (κ2) is 18.4. The molecule has 1 atom stereocenters. The summed E-state index contributed by atoms with van der Waals surface area (Å²) in [4.78, 5) is 35.1. The maximum absolute atomic E-state index is 12.5. The van der Waals surface area contributed by atoms with Crippen LogP contribution < -0.4 is 21.4 Å². The molecule has 0 fully saturated rings. The highest BCUT2D eigenvalue weighted by atomic mass is 16.7. The minimum atomic E-state index is -0.819. The standard InChI is InChI=1S/C21H41N6O4/c1-4-5-6-7-8-9-10-13-19(28)25-18(20(29)23-16-14-17(2)3)12-11-15-24-21(22)26-27(30)31/h16-18H,4-15H2,1-3H3,(H,23,29)(H,25,28)(H3,22,24,26)/t18-/m0/s1. The summed E-state index contributed by atoms with van der Waals surface area (Å²) < 4.78 is 0. The molecule has 0 aliphatic heterocycles. The minimum Gasteiger partial charge on any atom is -0.352 e. The molecule has 5 N–H and O–H groups in total. The third-order valence-electron chi connectivity index (χ3n) is 4.67. The van der Waals surface area contributed by atoms with Gasteiger partial charge in [0.1, 0.15) is 6.04 Å². The zero-order chi connectivity index (χ0) is 23.5. The van der Waals surface area contributed by atoms with Gasteiger partial charge in [-0.25, -0.2) is 10.1 Å². The van der Waals surface area contributed by atoms with Gasteiger partial charge < -0.3 is 16.0 Å². The number of nitrogens with one attached hydrogen (secondary N) is 5. The van der Waals surface area contributed by atoms with E-state index in [1.54, 1.807) is 12.0 Å². The molecule has 0 unspecified atom stereocenters. The lowest BCUT2D eigenvalue weighted by molar-refractivity contribution is -0.525. The summed E-state index contributed by atoms with van der Waals surface area (Å²) in [6, 6.07) is -0.681. The van der Waals surface area contributed by atoms with Gasteiger partial charge >= 0.3 is 0 Å². The first-order chi connectivity index (χ1) is 14.8. The van der Waals surface area contributed by atoms with Gasteiger partial charge in [0, 0.05) is 19.5 Å². The van der Waals surface area contributed by atoms with E-state index in [1.165, 1.54) is 25.7 Å². The Balaban J connectivity index is 4.38. The Labute approximate surface area is 186 Å². The molecule has 0 saturated heterocycles. The second-order valence-electron chi connectivity index (χ2n) is 8.15. The van der Waals surface area contributed by atoms with Gasteiger partial charge in [-0.15, -0.1) is 0 Å². The summed E-state index contributed by atoms with van der Waals surface area (Å²) in [5.74, 6) is -0.422. The van der Waals surface area contributed by atoms with Gasteiger partial charge in [0.25, 0.3) is 5.96 Å². The number of hydrogen-bond donors (Lipinski definition) is 5. The zero-order valence-electron chi connectivity index (χ0n) is 19.3. The van der Waals surface area contributed by atoms with E-state index in [0.29, 0.717) is 25.2 Å². The van der Waals surface area contributed by atoms with E-state index in [0.717, 1.165) is 25.7 Å². The second-order valence-corrected chi connectivity index (χ2v) is 8.15. The minimum absolute atomic E-state index is 0.145. The zero-order valence-corrected chi connectivity index (χ0v) is 19.3. The molecule has 0 rings (SSSR count). The van der Waals surface area contributed by atoms with Crippen LogP contribution in [0.25, 0.3) is 0 Å². The molecule has 0 bridgehead atoms. The van der Waals surface area contributed by atoms with Crippen LogP contribution in [0.15, 0.2) is 0 Å². The van der Waals surface area contributed by atoms with Crippen LogP contribution in [-0.4, -0.2) is 35.4 Å². The van der Waals surface area contributed by atoms with Crippen molar-refractivity contribution in [3.8, 4) is 0 Å². The third kappa shape index (κ3) is 18.1. The quantitative estimate of drug-likeness (QED) is 0.0725. The normalized spacial score (nSPS) is 11.6. The smallest absolute Gasteiger partial charge is 0.251 e. The Morgan fingerprint density at radius 3 is 2.32 bits per heavy atom. The van der Waals surface area contributed by atoms with Crippen LogP contribution in [0.1, 0.15) is 91.4 Å². The Morgan fingerprint density at radius 1 is 1.06 bits per heavy atom. The number of hydrogen-bond acceptors (Lipinski definition) is 5. The van der Waals surface area contributed by atoms with Gasteiger partial charge in [-0.3, -0.25) is 15.0 Å². The van der Waals surface area contributed by atoms with Crippen LogP contribution >= 0.6 is 0 Å². The Bertz CT molecular complexity index is 542. The van der Waals surface area contributed by atoms with Crippen LogP contribution in [0.3, 0.4) is 0 Å². The highest BCUT2D eigenvalue weighted by Gasteiger charge is 2.20. The number of amides is 2. The summed E-state index contributed by atoms with van der Waals surface area (Å²) >= 11 is 0. The number of rotatable bonds is 18. The Morgan fingerprint density at radius 2 is 1.71 bits per heavy atom. The number of nitrogens with zero attached hydrogens (tertiary/aromatic N) is 1. The summed E-state index contributed by atoms with van der Waals surface area (Å²) in [7, 11) is 0. The SMILES string of the molecule is CCCCCCCCCC(=O)N[C@@H](CCCNC(=N)N[N+](=O)[O-])C(=O)N[CH]CC(C)C. The van der Waals surface area contributed by atoms with E-state index >= 15 is 0 Å². The van der Waals surface area contributed by atoms with E-state index in [2.05, 4.69) is 22.9 Å². The maximum atomic E-state index is 12.5. The van der Waals surface area contributed by atoms with Crippen LogP contribution in [0.5, 0.6) is 0 Å². The first-order valence-corrected chi connectivity index (χ1v) is 11.4. The highest BCUT2D eigenvalue weighted by molar-refractivity contribution is 5.87. The van der Waals surface area contributed by atoms with E-state index < -0.39 is 17.0 Å². The fourth-order valence-corrected chi connectivity index (χ4v) is 2.92. The number of carbonyl (C=O) groups is 2. The molecular weight excluding hydrogens is 400 g/mol. The van der Waals surface area contributed by atoms with Crippen molar-refractivity contribution < 1.29 is 14.6 Å². The largest absolute Gasteiger partial charge is 0.352 e. The van der Waals surface area contributed by atoms with E-state index in [-0.39, 0.29) is 18.4 Å². The monoisotopic (exact) mass is 441 g/mol. The van der Waals surface area contributed by atoms with Crippen molar-refractivity contribution in [2.75, 3.05) is 6.54 Å². The number of carbonyl (C=O) groups excluding carboxylic acids is 2. The molecule has 0 aliphatic carbocycles. The average molecular weight is 442 g/mol. The number of unbranched alkanes of at least 4 members (excludes halogenated alkanes) is 6. The van der Waals surface area contributed by atoms with Gasteiger partial charge in [0.15, 0.2) is 5.03 Å². The fourth-order valence-electron chi connectivity index (χ4n) is 2.92. The Hall–Kier alpha value is -2.39. The molecule has 0 saturated carbocycles. The molecule has 10 nitrogen and oxygen atoms in total. The van der Waals surface area contributed by atoms with Gasteiger partial charge in [-0.1, -0.05) is 64.7 Å². The lowest BCUT2D eigenvalue weighted by Crippen LogP contribution is -2.46. The topological polar surface area (TPSA) is 149 Å². The highest BCUT2D eigenvalue weighted by Crippen LogP contribution is 2.09. The summed E-state index contributed by atoms with van der Waals surface area (Å²) in [6.45, 7) is 8.25. The average Bonchev–Trinajstić information content (AvgIpc) is 2.68. The third-order valence-corrected chi connectivity index (χ3v) is 4.67. The molecule has 2 amide bonds. The lowest BCUT2D eigenvalue weighted by atomic mass is 10.1. The number of guanidine groups is 1. The van der Waals surface area contributed by atoms with Crippen molar-refractivity contribution >= 4 is 17.8 Å². The van der Waals surface area contributed by atoms with Crippen LogP contribution in [0, 0.1) is 28.0 Å². The molecule has 0 aliphatic rings. The van der Waals surface area contributed by atoms with Crippen molar-refractivity contribution in [2.24, 2.45) is 5.92 Å². The summed E-state index contributed by atoms with van der Waals surface area (Å²) in [5, 5.41) is 25.0. The predicted molar refractivity (Wildman–Crippen MR) is 122 cm³/mol. The molecule has 0 spiro atoms. The lowest BCUT2D eigenvalue weighted by Gasteiger charge is -2.19. The predicted octanol–water partition coefficient (Wildman–Crippen LogP) is 3.02. The molecule has 0 heterocycles. The van der Waals surface area contributed by atoms with E-state index in [4.69, 9.17) is 5.41 Å². The van der Waals surface area contributed by atoms with E-state index in [9.17, 15) is 19.7 Å². The molecule has 31 heavy (non-hydrogen) atoms. The van der Waals surface area contributed by atoms with E-state index in [1.807, 2.05) is 13.8 Å². The van der Waals surface area contributed by atoms with Crippen molar-refractivity contribution in [3.63, 3.8) is 0 Å². The van der Waals surface area contributed by atoms with Crippen LogP contribution in [0.4, 0.5) is 0 Å². The molecular formula is C21H41N6O4. The first-order valence-electron chi connectivity index (χ1n) is 11.4. The number of hydrazine groups is 1. The molecule has 1 radical (unpaired) electrons. The molecule has 0 aromatic carbocycles. The first kappa shape index (κ1) is 28.6.